The van der Waals surface area contributed by atoms with Gasteiger partial charge in [0.15, 0.2) is 0 Å². The minimum absolute atomic E-state index is 0.0969. The van der Waals surface area contributed by atoms with Crippen LogP contribution in [0.1, 0.15) is 23.7 Å². The first-order valence-electron chi connectivity index (χ1n) is 8.19. The molecule has 2 aromatic rings. The lowest BCUT2D eigenvalue weighted by molar-refractivity contribution is -0.159. The topological polar surface area (TPSA) is 87.1 Å². The van der Waals surface area contributed by atoms with Gasteiger partial charge in [0.05, 0.1) is 0 Å². The van der Waals surface area contributed by atoms with E-state index in [1.165, 1.54) is 11.1 Å². The van der Waals surface area contributed by atoms with E-state index in [4.69, 9.17) is 24.5 Å². The summed E-state index contributed by atoms with van der Waals surface area (Å²) in [5, 5.41) is 14.8. The van der Waals surface area contributed by atoms with Crippen molar-refractivity contribution in [3.63, 3.8) is 0 Å². The van der Waals surface area contributed by atoms with Gasteiger partial charge in [-0.2, -0.15) is 0 Å². The monoisotopic (exact) mass is 359 g/mol. The van der Waals surface area contributed by atoms with Gasteiger partial charge in [0.25, 0.3) is 0 Å². The molecule has 2 rings (SSSR count). The van der Waals surface area contributed by atoms with E-state index in [0.717, 1.165) is 18.7 Å². The Morgan fingerprint density at radius 1 is 0.962 bits per heavy atom. The van der Waals surface area contributed by atoms with Crippen molar-refractivity contribution in [1.82, 2.24) is 4.90 Å². The normalized spacial score (nSPS) is 11.2. The summed E-state index contributed by atoms with van der Waals surface area (Å²) in [6.45, 7) is 3.09. The fraction of sp³-hybridized carbons (Fsp3) is 0.300. The Morgan fingerprint density at radius 2 is 1.50 bits per heavy atom. The molecule has 0 heterocycles. The molecule has 2 aromatic carbocycles. The Labute approximate surface area is 153 Å². The molecule has 0 fully saturated rings. The summed E-state index contributed by atoms with van der Waals surface area (Å²) >= 11 is 0. The van der Waals surface area contributed by atoms with Gasteiger partial charge in [-0.3, -0.25) is 0 Å². The highest BCUT2D eigenvalue weighted by atomic mass is 16.5. The molecule has 26 heavy (non-hydrogen) atoms. The Morgan fingerprint density at radius 3 is 2.00 bits per heavy atom. The SMILES string of the molecule is Cc1ccccc1OC(CCN(C)C)c1ccccc1.O=C(O)C(=O)O. The maximum absolute atomic E-state index is 9.10. The smallest absolute Gasteiger partial charge is 0.414 e. The van der Waals surface area contributed by atoms with Crippen molar-refractivity contribution >= 4 is 11.9 Å². The molecule has 140 valence electrons. The van der Waals surface area contributed by atoms with Crippen molar-refractivity contribution in [2.75, 3.05) is 20.6 Å². The highest BCUT2D eigenvalue weighted by Crippen LogP contribution is 2.27. The lowest BCUT2D eigenvalue weighted by Crippen LogP contribution is -2.19. The molecule has 0 spiro atoms. The third-order valence-electron chi connectivity index (χ3n) is 3.56. The minimum atomic E-state index is -1.82. The first kappa shape index (κ1) is 21.2. The van der Waals surface area contributed by atoms with Crippen molar-refractivity contribution < 1.29 is 24.5 Å². The molecule has 0 aliphatic heterocycles. The van der Waals surface area contributed by atoms with E-state index in [0.29, 0.717) is 0 Å². The van der Waals surface area contributed by atoms with Gasteiger partial charge in [0.2, 0.25) is 0 Å². The van der Waals surface area contributed by atoms with Gasteiger partial charge < -0.3 is 19.8 Å². The fourth-order valence-corrected chi connectivity index (χ4v) is 2.18. The van der Waals surface area contributed by atoms with Crippen molar-refractivity contribution in [3.8, 4) is 5.75 Å². The summed E-state index contributed by atoms with van der Waals surface area (Å²) in [5.74, 6) is -2.68. The molecule has 0 saturated carbocycles. The van der Waals surface area contributed by atoms with Crippen LogP contribution in [0.4, 0.5) is 0 Å². The van der Waals surface area contributed by atoms with Gasteiger partial charge in [0.1, 0.15) is 11.9 Å². The number of nitrogens with zero attached hydrogens (tertiary/aromatic N) is 1. The van der Waals surface area contributed by atoms with Crippen molar-refractivity contribution in [1.29, 1.82) is 0 Å². The third-order valence-corrected chi connectivity index (χ3v) is 3.56. The predicted molar refractivity (Wildman–Crippen MR) is 99.4 cm³/mol. The molecule has 0 amide bonds. The molecule has 1 atom stereocenters. The quantitative estimate of drug-likeness (QED) is 0.770. The number of para-hydroxylation sites is 1. The number of rotatable bonds is 6. The van der Waals surface area contributed by atoms with Crippen LogP contribution >= 0.6 is 0 Å². The molecular weight excluding hydrogens is 334 g/mol. The van der Waals surface area contributed by atoms with Crippen LogP contribution in [0, 0.1) is 6.92 Å². The number of carbonyl (C=O) groups is 2. The lowest BCUT2D eigenvalue weighted by atomic mass is 10.1. The molecule has 0 saturated heterocycles. The molecule has 0 bridgehead atoms. The summed E-state index contributed by atoms with van der Waals surface area (Å²) in [4.78, 5) is 20.4. The van der Waals surface area contributed by atoms with Gasteiger partial charge >= 0.3 is 11.9 Å². The summed E-state index contributed by atoms with van der Waals surface area (Å²) in [6, 6.07) is 18.6. The number of aliphatic carboxylic acids is 2. The van der Waals surface area contributed by atoms with Crippen LogP contribution in [0.3, 0.4) is 0 Å². The standard InChI is InChI=1S/C18H23NO.C2H2O4/c1-15-9-7-8-12-17(15)20-18(13-14-19(2)3)16-10-5-4-6-11-16;3-1(4)2(5)6/h4-12,18H,13-14H2,1-3H3;(H,3,4)(H,5,6). The minimum Gasteiger partial charge on any atom is -0.485 e. The fourth-order valence-electron chi connectivity index (χ4n) is 2.18. The second-order valence-electron chi connectivity index (χ2n) is 5.98. The molecule has 0 aromatic heterocycles. The maximum Gasteiger partial charge on any atom is 0.414 e. The molecular formula is C20H25NO5. The van der Waals surface area contributed by atoms with E-state index in [-0.39, 0.29) is 6.10 Å². The zero-order valence-corrected chi connectivity index (χ0v) is 15.3. The van der Waals surface area contributed by atoms with Crippen molar-refractivity contribution in [2.24, 2.45) is 0 Å². The van der Waals surface area contributed by atoms with Crippen LogP contribution < -0.4 is 4.74 Å². The van der Waals surface area contributed by atoms with Crippen LogP contribution in [0.25, 0.3) is 0 Å². The first-order chi connectivity index (χ1) is 12.3. The highest BCUT2D eigenvalue weighted by molar-refractivity contribution is 6.27. The van der Waals surface area contributed by atoms with Crippen molar-refractivity contribution in [2.45, 2.75) is 19.4 Å². The second-order valence-corrected chi connectivity index (χ2v) is 5.98. The highest BCUT2D eigenvalue weighted by Gasteiger charge is 2.14. The predicted octanol–water partition coefficient (Wildman–Crippen LogP) is 3.22. The molecule has 2 N–H and O–H groups in total. The summed E-state index contributed by atoms with van der Waals surface area (Å²) in [6.07, 6.45) is 1.07. The molecule has 0 aliphatic carbocycles. The third kappa shape index (κ3) is 7.81. The maximum atomic E-state index is 9.10. The molecule has 6 heteroatoms. The van der Waals surface area contributed by atoms with E-state index in [1.807, 2.05) is 24.3 Å². The van der Waals surface area contributed by atoms with Crippen LogP contribution in [-0.4, -0.2) is 47.7 Å². The number of aryl methyl sites for hydroxylation is 1. The Hall–Kier alpha value is -2.86. The second kappa shape index (κ2) is 10.9. The van der Waals surface area contributed by atoms with Crippen LogP contribution in [0.2, 0.25) is 0 Å². The summed E-state index contributed by atoms with van der Waals surface area (Å²) in [7, 11) is 4.19. The number of carboxylic acid groups (broad SMARTS) is 2. The van der Waals surface area contributed by atoms with E-state index >= 15 is 0 Å². The molecule has 1 unspecified atom stereocenters. The lowest BCUT2D eigenvalue weighted by Gasteiger charge is -2.22. The Bertz CT molecular complexity index is 688. The number of ether oxygens (including phenoxy) is 1. The van der Waals surface area contributed by atoms with Gasteiger partial charge in [-0.1, -0.05) is 48.5 Å². The Balaban J connectivity index is 0.000000487. The van der Waals surface area contributed by atoms with Gasteiger partial charge in [0, 0.05) is 13.0 Å². The van der Waals surface area contributed by atoms with Crippen LogP contribution in [-0.2, 0) is 9.59 Å². The van der Waals surface area contributed by atoms with Gasteiger partial charge in [-0.05, 0) is 38.2 Å². The first-order valence-corrected chi connectivity index (χ1v) is 8.19. The summed E-state index contributed by atoms with van der Waals surface area (Å²) < 4.78 is 6.26. The summed E-state index contributed by atoms with van der Waals surface area (Å²) in [5.41, 5.74) is 2.41. The van der Waals surface area contributed by atoms with Gasteiger partial charge in [-0.25, -0.2) is 9.59 Å². The van der Waals surface area contributed by atoms with Crippen LogP contribution in [0.5, 0.6) is 5.75 Å². The number of carboxylic acids is 2. The molecule has 0 aliphatic rings. The average molecular weight is 359 g/mol. The van der Waals surface area contributed by atoms with Crippen LogP contribution in [0.15, 0.2) is 54.6 Å². The average Bonchev–Trinajstić information content (AvgIpc) is 2.61. The number of hydrogen-bond donors (Lipinski definition) is 2. The zero-order valence-electron chi connectivity index (χ0n) is 15.3. The number of benzene rings is 2. The number of hydrogen-bond acceptors (Lipinski definition) is 4. The van der Waals surface area contributed by atoms with E-state index in [2.05, 4.69) is 56.3 Å². The zero-order chi connectivity index (χ0) is 19.5. The molecule has 6 nitrogen and oxygen atoms in total. The molecule has 0 radical (unpaired) electrons. The van der Waals surface area contributed by atoms with Crippen molar-refractivity contribution in [3.05, 3.63) is 65.7 Å². The van der Waals surface area contributed by atoms with E-state index in [9.17, 15) is 0 Å². The van der Waals surface area contributed by atoms with Gasteiger partial charge in [-0.15, -0.1) is 0 Å². The van der Waals surface area contributed by atoms with E-state index < -0.39 is 11.9 Å². The Kier molecular flexibility index (Phi) is 8.87. The largest absolute Gasteiger partial charge is 0.485 e. The van der Waals surface area contributed by atoms with E-state index in [1.54, 1.807) is 0 Å².